The van der Waals surface area contributed by atoms with Crippen LogP contribution in [0.15, 0.2) is 12.1 Å². The van der Waals surface area contributed by atoms with Gasteiger partial charge in [-0.2, -0.15) is 0 Å². The molecule has 0 bridgehead atoms. The summed E-state index contributed by atoms with van der Waals surface area (Å²) in [4.78, 5) is 9.75. The molecule has 0 N–H and O–H groups in total. The van der Waals surface area contributed by atoms with Gasteiger partial charge in [0, 0.05) is 6.07 Å². The van der Waals surface area contributed by atoms with Crippen LogP contribution in [0.5, 0.6) is 5.75 Å². The average molecular weight is 264 g/mol. The van der Waals surface area contributed by atoms with Crippen LogP contribution in [0.3, 0.4) is 0 Å². The van der Waals surface area contributed by atoms with Crippen LogP contribution in [0.25, 0.3) is 0 Å². The Balaban J connectivity index is 3.18. The predicted octanol–water partition coefficient (Wildman–Crippen LogP) is 3.60. The summed E-state index contributed by atoms with van der Waals surface area (Å²) in [5, 5.41) is 10.4. The molecule has 0 saturated heterocycles. The van der Waals surface area contributed by atoms with Crippen LogP contribution in [-0.4, -0.2) is 13.2 Å². The van der Waals surface area contributed by atoms with E-state index in [-0.39, 0.29) is 16.5 Å². The van der Waals surface area contributed by atoms with Crippen molar-refractivity contribution in [3.8, 4) is 5.75 Å². The zero-order valence-electron chi connectivity index (χ0n) is 9.08. The van der Waals surface area contributed by atoms with Crippen molar-refractivity contribution in [3.63, 3.8) is 0 Å². The number of hydrogen-bond acceptors (Lipinski definition) is 3. The average Bonchev–Trinajstić information content (AvgIpc) is 2.09. The van der Waals surface area contributed by atoms with Crippen molar-refractivity contribution in [2.75, 3.05) is 0 Å². The van der Waals surface area contributed by atoms with E-state index in [1.54, 1.807) is 0 Å². The van der Waals surface area contributed by atoms with Crippen molar-refractivity contribution in [1.29, 1.82) is 0 Å². The SMILES string of the molecule is C[Si](C)(C)Oc1c(F)cc([N+](=O)[O-])cc1Cl. The fourth-order valence-electron chi connectivity index (χ4n) is 1.06. The van der Waals surface area contributed by atoms with Crippen LogP contribution in [0, 0.1) is 15.9 Å². The lowest BCUT2D eigenvalue weighted by molar-refractivity contribution is -0.385. The molecule has 0 amide bonds. The molecular formula is C9H11ClFNO3Si. The third kappa shape index (κ3) is 3.18. The summed E-state index contributed by atoms with van der Waals surface area (Å²) in [5.74, 6) is -0.909. The highest BCUT2D eigenvalue weighted by Gasteiger charge is 2.23. The van der Waals surface area contributed by atoms with E-state index < -0.39 is 19.1 Å². The van der Waals surface area contributed by atoms with Crippen LogP contribution in [0.1, 0.15) is 0 Å². The van der Waals surface area contributed by atoms with Gasteiger partial charge in [0.25, 0.3) is 5.69 Å². The summed E-state index contributed by atoms with van der Waals surface area (Å²) in [7, 11) is -2.00. The highest BCUT2D eigenvalue weighted by Crippen LogP contribution is 2.33. The maximum atomic E-state index is 13.5. The van der Waals surface area contributed by atoms with Crippen LogP contribution in [0.4, 0.5) is 10.1 Å². The number of nitrogens with zero attached hydrogens (tertiary/aromatic N) is 1. The van der Waals surface area contributed by atoms with Gasteiger partial charge >= 0.3 is 0 Å². The molecule has 4 nitrogen and oxygen atoms in total. The fraction of sp³-hybridized carbons (Fsp3) is 0.333. The second-order valence-corrected chi connectivity index (χ2v) is 9.05. The molecule has 0 aliphatic carbocycles. The van der Waals surface area contributed by atoms with Crippen molar-refractivity contribution in [2.24, 2.45) is 0 Å². The highest BCUT2D eigenvalue weighted by molar-refractivity contribution is 6.70. The Labute approximate surface area is 98.3 Å². The number of rotatable bonds is 3. The van der Waals surface area contributed by atoms with Gasteiger partial charge < -0.3 is 4.43 Å². The van der Waals surface area contributed by atoms with Crippen LogP contribution < -0.4 is 4.43 Å². The summed E-state index contributed by atoms with van der Waals surface area (Å²) >= 11 is 5.74. The molecule has 0 fully saturated rings. The zero-order chi connectivity index (χ0) is 12.5. The number of halogens is 2. The number of nitro benzene ring substituents is 1. The molecule has 1 aromatic rings. The number of nitro groups is 1. The molecule has 0 aromatic heterocycles. The molecule has 1 rings (SSSR count). The van der Waals surface area contributed by atoms with E-state index in [2.05, 4.69) is 0 Å². The van der Waals surface area contributed by atoms with E-state index in [4.69, 9.17) is 16.0 Å². The predicted molar refractivity (Wildman–Crippen MR) is 62.0 cm³/mol. The molecule has 0 heterocycles. The van der Waals surface area contributed by atoms with E-state index in [1.165, 1.54) is 0 Å². The first kappa shape index (κ1) is 12.9. The van der Waals surface area contributed by atoms with Gasteiger partial charge in [-0.05, 0) is 19.6 Å². The quantitative estimate of drug-likeness (QED) is 0.476. The van der Waals surface area contributed by atoms with Crippen LogP contribution in [0.2, 0.25) is 24.7 Å². The van der Waals surface area contributed by atoms with Crippen LogP contribution in [-0.2, 0) is 0 Å². The summed E-state index contributed by atoms with van der Waals surface area (Å²) < 4.78 is 18.9. The minimum absolute atomic E-state index is 0.0749. The van der Waals surface area contributed by atoms with E-state index >= 15 is 0 Å². The summed E-state index contributed by atoms with van der Waals surface area (Å²) in [5.41, 5.74) is -0.384. The van der Waals surface area contributed by atoms with Crippen molar-refractivity contribution < 1.29 is 13.7 Å². The van der Waals surface area contributed by atoms with Gasteiger partial charge in [-0.25, -0.2) is 4.39 Å². The van der Waals surface area contributed by atoms with E-state index in [1.807, 2.05) is 19.6 Å². The van der Waals surface area contributed by atoms with Gasteiger partial charge in [0.05, 0.1) is 16.0 Å². The standard InChI is InChI=1S/C9H11ClFNO3Si/c1-16(2,3)15-9-7(10)4-6(12(13)14)5-8(9)11/h4-5H,1-3H3. The summed E-state index contributed by atoms with van der Waals surface area (Å²) in [6.07, 6.45) is 0. The van der Waals surface area contributed by atoms with E-state index in [9.17, 15) is 14.5 Å². The molecule has 0 saturated carbocycles. The first-order valence-corrected chi connectivity index (χ1v) is 8.32. The van der Waals surface area contributed by atoms with Crippen molar-refractivity contribution in [3.05, 3.63) is 33.1 Å². The molecule has 0 unspecified atom stereocenters. The third-order valence-electron chi connectivity index (χ3n) is 1.60. The molecule has 88 valence electrons. The molecule has 0 spiro atoms. The zero-order valence-corrected chi connectivity index (χ0v) is 10.8. The Bertz CT molecular complexity index is 410. The smallest absolute Gasteiger partial charge is 0.274 e. The third-order valence-corrected chi connectivity index (χ3v) is 2.70. The van der Waals surface area contributed by atoms with Gasteiger partial charge in [-0.15, -0.1) is 0 Å². The van der Waals surface area contributed by atoms with Crippen LogP contribution >= 0.6 is 11.6 Å². The lowest BCUT2D eigenvalue weighted by atomic mass is 10.3. The normalized spacial score (nSPS) is 11.3. The minimum Gasteiger partial charge on any atom is -0.541 e. The minimum atomic E-state index is -2.00. The molecule has 16 heavy (non-hydrogen) atoms. The molecular weight excluding hydrogens is 253 g/mol. The lowest BCUT2D eigenvalue weighted by Crippen LogP contribution is -2.29. The first-order valence-electron chi connectivity index (χ1n) is 4.53. The molecule has 0 radical (unpaired) electrons. The van der Waals surface area contributed by atoms with Gasteiger partial charge in [-0.3, -0.25) is 10.1 Å². The Kier molecular flexibility index (Phi) is 3.54. The van der Waals surface area contributed by atoms with Gasteiger partial charge in [0.15, 0.2) is 11.6 Å². The van der Waals surface area contributed by atoms with Gasteiger partial charge in [0.2, 0.25) is 8.32 Å². The highest BCUT2D eigenvalue weighted by atomic mass is 35.5. The summed E-state index contributed by atoms with van der Waals surface area (Å²) in [6, 6.07) is 1.89. The van der Waals surface area contributed by atoms with Crippen molar-refractivity contribution >= 4 is 25.6 Å². The van der Waals surface area contributed by atoms with Gasteiger partial charge in [0.1, 0.15) is 0 Å². The maximum Gasteiger partial charge on any atom is 0.274 e. The van der Waals surface area contributed by atoms with Crippen molar-refractivity contribution in [1.82, 2.24) is 0 Å². The molecule has 1 aromatic carbocycles. The Morgan fingerprint density at radius 2 is 2.00 bits per heavy atom. The number of non-ortho nitro benzene ring substituents is 1. The largest absolute Gasteiger partial charge is 0.541 e. The second-order valence-electron chi connectivity index (χ2n) is 4.21. The topological polar surface area (TPSA) is 52.4 Å². The number of hydrogen-bond donors (Lipinski definition) is 0. The fourth-order valence-corrected chi connectivity index (χ4v) is 2.18. The number of benzene rings is 1. The first-order chi connectivity index (χ1) is 7.20. The van der Waals surface area contributed by atoms with E-state index in [0.717, 1.165) is 12.1 Å². The Morgan fingerprint density at radius 1 is 1.44 bits per heavy atom. The monoisotopic (exact) mass is 263 g/mol. The second kappa shape index (κ2) is 4.38. The molecule has 0 atom stereocenters. The Morgan fingerprint density at radius 3 is 2.38 bits per heavy atom. The summed E-state index contributed by atoms with van der Waals surface area (Å²) in [6.45, 7) is 5.60. The molecule has 7 heteroatoms. The van der Waals surface area contributed by atoms with E-state index in [0.29, 0.717) is 0 Å². The molecule has 0 aliphatic rings. The van der Waals surface area contributed by atoms with Crippen molar-refractivity contribution in [2.45, 2.75) is 19.6 Å². The van der Waals surface area contributed by atoms with Gasteiger partial charge in [-0.1, -0.05) is 11.6 Å². The maximum absolute atomic E-state index is 13.5. The Hall–Kier alpha value is -1.14. The lowest BCUT2D eigenvalue weighted by Gasteiger charge is -2.20. The molecule has 0 aliphatic heterocycles.